The highest BCUT2D eigenvalue weighted by molar-refractivity contribution is 5.75. The van der Waals surface area contributed by atoms with Gasteiger partial charge >= 0.3 is 0 Å². The van der Waals surface area contributed by atoms with Crippen LogP contribution in [0, 0.1) is 5.92 Å². The molecule has 0 unspecified atom stereocenters. The van der Waals surface area contributed by atoms with Gasteiger partial charge in [-0.3, -0.25) is 14.5 Å². The summed E-state index contributed by atoms with van der Waals surface area (Å²) in [6.45, 7) is 4.66. The topological polar surface area (TPSA) is 125 Å². The number of likely N-dealkylation sites (tertiary alicyclic amines) is 1. The summed E-state index contributed by atoms with van der Waals surface area (Å²) in [5, 5.41) is 0. The molecule has 2 amide bonds. The molecule has 0 saturated carbocycles. The molecule has 1 aromatic carbocycles. The molecule has 0 spiro atoms. The van der Waals surface area contributed by atoms with E-state index in [9.17, 15) is 9.59 Å². The summed E-state index contributed by atoms with van der Waals surface area (Å²) >= 11 is 0. The second kappa shape index (κ2) is 11.1. The van der Waals surface area contributed by atoms with Crippen LogP contribution in [-0.2, 0) is 27.4 Å². The Labute approximate surface area is 167 Å². The standard InChI is InChI=1S/C21H34N4O3/c1-15(19(22)6-7-20(23)26)28-14-18-4-2-16(3-5-18)12-17-8-10-25(11-9-17)13-21(24)27/h2-5,15,17,19H,6-14,22H2,1H3,(H2,23,26)(H2,24,27)/t15-,19+/m1/s1. The van der Waals surface area contributed by atoms with Crippen molar-refractivity contribution >= 4 is 11.8 Å². The zero-order valence-corrected chi connectivity index (χ0v) is 16.8. The van der Waals surface area contributed by atoms with Crippen LogP contribution in [0.25, 0.3) is 0 Å². The Kier molecular flexibility index (Phi) is 8.89. The fourth-order valence-electron chi connectivity index (χ4n) is 3.57. The summed E-state index contributed by atoms with van der Waals surface area (Å²) in [4.78, 5) is 24.0. The zero-order valence-electron chi connectivity index (χ0n) is 16.8. The average Bonchev–Trinajstić information content (AvgIpc) is 2.66. The van der Waals surface area contributed by atoms with Crippen LogP contribution in [-0.4, -0.2) is 48.5 Å². The van der Waals surface area contributed by atoms with E-state index in [0.717, 1.165) is 37.9 Å². The first-order valence-corrected chi connectivity index (χ1v) is 10.1. The van der Waals surface area contributed by atoms with Crippen LogP contribution in [0.1, 0.15) is 43.7 Å². The van der Waals surface area contributed by atoms with E-state index in [1.165, 1.54) is 5.56 Å². The van der Waals surface area contributed by atoms with Crippen LogP contribution in [0.2, 0.25) is 0 Å². The summed E-state index contributed by atoms with van der Waals surface area (Å²) in [5.41, 5.74) is 18.9. The number of piperidine rings is 1. The van der Waals surface area contributed by atoms with E-state index in [-0.39, 0.29) is 30.4 Å². The quantitative estimate of drug-likeness (QED) is 0.518. The Morgan fingerprint density at radius 2 is 1.71 bits per heavy atom. The second-order valence-electron chi connectivity index (χ2n) is 7.89. The normalized spacial score (nSPS) is 17.9. The molecule has 1 aromatic rings. The monoisotopic (exact) mass is 390 g/mol. The number of ether oxygens (including phenoxy) is 1. The minimum absolute atomic E-state index is 0.135. The largest absolute Gasteiger partial charge is 0.372 e. The Bertz CT molecular complexity index is 627. The van der Waals surface area contributed by atoms with Gasteiger partial charge < -0.3 is 21.9 Å². The number of carbonyl (C=O) groups is 2. The highest BCUT2D eigenvalue weighted by atomic mass is 16.5. The summed E-state index contributed by atoms with van der Waals surface area (Å²) in [5.74, 6) is 0.0608. The first-order valence-electron chi connectivity index (χ1n) is 10.1. The summed E-state index contributed by atoms with van der Waals surface area (Å²) < 4.78 is 5.84. The Hall–Kier alpha value is -1.96. The number of hydrogen-bond donors (Lipinski definition) is 3. The van der Waals surface area contributed by atoms with Gasteiger partial charge in [0.05, 0.1) is 19.3 Å². The predicted octanol–water partition coefficient (Wildman–Crippen LogP) is 0.924. The molecule has 0 radical (unpaired) electrons. The maximum atomic E-state index is 11.0. The molecule has 1 fully saturated rings. The van der Waals surface area contributed by atoms with Crippen molar-refractivity contribution in [3.8, 4) is 0 Å². The lowest BCUT2D eigenvalue weighted by molar-refractivity contribution is -0.119. The minimum Gasteiger partial charge on any atom is -0.372 e. The van der Waals surface area contributed by atoms with Gasteiger partial charge in [0.25, 0.3) is 0 Å². The summed E-state index contributed by atoms with van der Waals surface area (Å²) in [6.07, 6.45) is 3.93. The summed E-state index contributed by atoms with van der Waals surface area (Å²) in [7, 11) is 0. The van der Waals surface area contributed by atoms with Gasteiger partial charge in [0.15, 0.2) is 0 Å². The molecule has 1 saturated heterocycles. The number of benzene rings is 1. The van der Waals surface area contributed by atoms with E-state index < -0.39 is 0 Å². The molecule has 7 nitrogen and oxygen atoms in total. The molecule has 1 aliphatic heterocycles. The maximum absolute atomic E-state index is 11.0. The Morgan fingerprint density at radius 1 is 1.11 bits per heavy atom. The van der Waals surface area contributed by atoms with Crippen LogP contribution in [0.15, 0.2) is 24.3 Å². The maximum Gasteiger partial charge on any atom is 0.231 e. The van der Waals surface area contributed by atoms with Gasteiger partial charge in [-0.15, -0.1) is 0 Å². The van der Waals surface area contributed by atoms with Crippen molar-refractivity contribution in [1.82, 2.24) is 4.90 Å². The number of rotatable bonds is 11. The first-order chi connectivity index (χ1) is 13.3. The van der Waals surface area contributed by atoms with Crippen molar-refractivity contribution in [2.45, 2.75) is 57.8 Å². The molecule has 2 atom stereocenters. The van der Waals surface area contributed by atoms with Crippen LogP contribution in [0.5, 0.6) is 0 Å². The van der Waals surface area contributed by atoms with E-state index in [1.54, 1.807) is 0 Å². The van der Waals surface area contributed by atoms with E-state index in [0.29, 0.717) is 25.5 Å². The van der Waals surface area contributed by atoms with Gasteiger partial charge in [-0.1, -0.05) is 24.3 Å². The van der Waals surface area contributed by atoms with Crippen LogP contribution < -0.4 is 17.2 Å². The average molecular weight is 391 g/mol. The molecule has 7 heteroatoms. The van der Waals surface area contributed by atoms with E-state index in [2.05, 4.69) is 29.2 Å². The van der Waals surface area contributed by atoms with Crippen LogP contribution >= 0.6 is 0 Å². The SMILES string of the molecule is C[C@@H](OCc1ccc(CC2CCN(CC(N)=O)CC2)cc1)[C@@H](N)CCC(N)=O. The van der Waals surface area contributed by atoms with Gasteiger partial charge in [-0.2, -0.15) is 0 Å². The fraction of sp³-hybridized carbons (Fsp3) is 0.619. The smallest absolute Gasteiger partial charge is 0.231 e. The van der Waals surface area contributed by atoms with E-state index >= 15 is 0 Å². The van der Waals surface area contributed by atoms with Crippen molar-refractivity contribution in [3.05, 3.63) is 35.4 Å². The molecule has 1 heterocycles. The van der Waals surface area contributed by atoms with Crippen LogP contribution in [0.4, 0.5) is 0 Å². The second-order valence-corrected chi connectivity index (χ2v) is 7.89. The van der Waals surface area contributed by atoms with Gasteiger partial charge in [0, 0.05) is 12.5 Å². The molecule has 1 aliphatic rings. The molecule has 28 heavy (non-hydrogen) atoms. The lowest BCUT2D eigenvalue weighted by Crippen LogP contribution is -2.39. The number of amides is 2. The summed E-state index contributed by atoms with van der Waals surface area (Å²) in [6, 6.07) is 8.31. The zero-order chi connectivity index (χ0) is 20.5. The number of nitrogens with zero attached hydrogens (tertiary/aromatic N) is 1. The third-order valence-corrected chi connectivity index (χ3v) is 5.47. The highest BCUT2D eigenvalue weighted by Gasteiger charge is 2.20. The number of carbonyl (C=O) groups excluding carboxylic acids is 2. The fourth-order valence-corrected chi connectivity index (χ4v) is 3.57. The number of hydrogen-bond acceptors (Lipinski definition) is 5. The van der Waals surface area contributed by atoms with E-state index in [1.807, 2.05) is 6.92 Å². The first kappa shape index (κ1) is 22.3. The van der Waals surface area contributed by atoms with Gasteiger partial charge in [-0.25, -0.2) is 0 Å². The number of nitrogens with two attached hydrogens (primary N) is 3. The predicted molar refractivity (Wildman–Crippen MR) is 109 cm³/mol. The number of primary amides is 2. The molecular weight excluding hydrogens is 356 g/mol. The van der Waals surface area contributed by atoms with Crippen molar-refractivity contribution in [3.63, 3.8) is 0 Å². The molecule has 0 aliphatic carbocycles. The third-order valence-electron chi connectivity index (χ3n) is 5.47. The highest BCUT2D eigenvalue weighted by Crippen LogP contribution is 2.22. The lowest BCUT2D eigenvalue weighted by Gasteiger charge is -2.31. The minimum atomic E-state index is -0.336. The van der Waals surface area contributed by atoms with Crippen LogP contribution in [0.3, 0.4) is 0 Å². The van der Waals surface area contributed by atoms with Gasteiger partial charge in [-0.05, 0) is 62.7 Å². The third kappa shape index (κ3) is 7.96. The molecular formula is C21H34N4O3. The Balaban J connectivity index is 1.71. The molecule has 0 bridgehead atoms. The van der Waals surface area contributed by atoms with Crippen molar-refractivity contribution in [1.29, 1.82) is 0 Å². The van der Waals surface area contributed by atoms with Crippen molar-refractivity contribution < 1.29 is 14.3 Å². The van der Waals surface area contributed by atoms with Gasteiger partial charge in [0.1, 0.15) is 0 Å². The van der Waals surface area contributed by atoms with E-state index in [4.69, 9.17) is 21.9 Å². The lowest BCUT2D eigenvalue weighted by atomic mass is 9.90. The molecule has 6 N–H and O–H groups in total. The Morgan fingerprint density at radius 3 is 2.29 bits per heavy atom. The molecule has 2 rings (SSSR count). The molecule has 156 valence electrons. The van der Waals surface area contributed by atoms with Crippen molar-refractivity contribution in [2.75, 3.05) is 19.6 Å². The molecule has 0 aromatic heterocycles. The van der Waals surface area contributed by atoms with Gasteiger partial charge in [0.2, 0.25) is 11.8 Å². The van der Waals surface area contributed by atoms with Crippen molar-refractivity contribution in [2.24, 2.45) is 23.1 Å².